The molecule has 0 bridgehead atoms. The van der Waals surface area contributed by atoms with E-state index in [0.29, 0.717) is 5.02 Å². The van der Waals surface area contributed by atoms with Crippen LogP contribution in [-0.4, -0.2) is 5.11 Å². The first-order valence-corrected chi connectivity index (χ1v) is 5.92. The van der Waals surface area contributed by atoms with Crippen molar-refractivity contribution in [3.8, 4) is 0 Å². The van der Waals surface area contributed by atoms with Crippen LogP contribution >= 0.6 is 22.9 Å². The summed E-state index contributed by atoms with van der Waals surface area (Å²) in [7, 11) is 0. The molecule has 0 aliphatic heterocycles. The minimum absolute atomic E-state index is 0.605. The molecule has 15 heavy (non-hydrogen) atoms. The van der Waals surface area contributed by atoms with Gasteiger partial charge in [-0.3, -0.25) is 0 Å². The molecule has 1 N–H and O–H groups in total. The lowest BCUT2D eigenvalue weighted by Crippen LogP contribution is -1.98. The smallest absolute Gasteiger partial charge is 0.106 e. The Labute approximate surface area is 98.0 Å². The first kappa shape index (κ1) is 10.7. The molecule has 0 radical (unpaired) electrons. The fourth-order valence-electron chi connectivity index (χ4n) is 1.48. The third-order valence-corrected chi connectivity index (χ3v) is 3.49. The Hall–Kier alpha value is -0.830. The topological polar surface area (TPSA) is 20.2 Å². The van der Waals surface area contributed by atoms with Crippen LogP contribution < -0.4 is 0 Å². The molecule has 0 amide bonds. The standard InChI is InChI=1S/C12H11ClOS/c1-8-6-9(7-15-8)12(14)10-4-2-3-5-11(10)13/h2-7,12,14H,1H3. The molecule has 1 atom stereocenters. The lowest BCUT2D eigenvalue weighted by Gasteiger charge is -2.10. The van der Waals surface area contributed by atoms with Crippen molar-refractivity contribution in [2.75, 3.05) is 0 Å². The molecule has 0 aliphatic carbocycles. The van der Waals surface area contributed by atoms with Crippen molar-refractivity contribution in [1.82, 2.24) is 0 Å². The zero-order valence-electron chi connectivity index (χ0n) is 8.27. The molecular weight excluding hydrogens is 228 g/mol. The Morgan fingerprint density at radius 1 is 1.33 bits per heavy atom. The second kappa shape index (κ2) is 4.35. The van der Waals surface area contributed by atoms with Gasteiger partial charge in [0, 0.05) is 15.5 Å². The van der Waals surface area contributed by atoms with Gasteiger partial charge in [-0.05, 0) is 30.0 Å². The fourth-order valence-corrected chi connectivity index (χ4v) is 2.45. The number of aliphatic hydroxyl groups excluding tert-OH is 1. The maximum absolute atomic E-state index is 10.1. The highest BCUT2D eigenvalue weighted by Crippen LogP contribution is 2.30. The first-order valence-electron chi connectivity index (χ1n) is 4.66. The highest BCUT2D eigenvalue weighted by atomic mass is 35.5. The van der Waals surface area contributed by atoms with Gasteiger partial charge in [0.15, 0.2) is 0 Å². The molecule has 0 saturated carbocycles. The zero-order valence-corrected chi connectivity index (χ0v) is 9.85. The Kier molecular flexibility index (Phi) is 3.10. The average Bonchev–Trinajstić information content (AvgIpc) is 2.65. The number of hydrogen-bond acceptors (Lipinski definition) is 2. The van der Waals surface area contributed by atoms with Crippen LogP contribution in [0.4, 0.5) is 0 Å². The minimum atomic E-state index is -0.622. The SMILES string of the molecule is Cc1cc(C(O)c2ccccc2Cl)cs1. The second-order valence-electron chi connectivity index (χ2n) is 3.41. The van der Waals surface area contributed by atoms with Crippen molar-refractivity contribution >= 4 is 22.9 Å². The summed E-state index contributed by atoms with van der Waals surface area (Å²) in [6, 6.07) is 9.36. The number of rotatable bonds is 2. The van der Waals surface area contributed by atoms with Crippen LogP contribution in [0.3, 0.4) is 0 Å². The van der Waals surface area contributed by atoms with Gasteiger partial charge in [0.1, 0.15) is 6.10 Å². The van der Waals surface area contributed by atoms with E-state index in [1.807, 2.05) is 36.6 Å². The molecule has 0 saturated heterocycles. The maximum Gasteiger partial charge on any atom is 0.106 e. The van der Waals surface area contributed by atoms with E-state index in [-0.39, 0.29) is 0 Å². The van der Waals surface area contributed by atoms with Crippen LogP contribution in [0.2, 0.25) is 5.02 Å². The van der Waals surface area contributed by atoms with E-state index in [9.17, 15) is 5.11 Å². The van der Waals surface area contributed by atoms with E-state index in [1.54, 1.807) is 17.4 Å². The molecule has 0 fully saturated rings. The number of benzene rings is 1. The van der Waals surface area contributed by atoms with Gasteiger partial charge in [0.2, 0.25) is 0 Å². The number of aliphatic hydroxyl groups is 1. The van der Waals surface area contributed by atoms with Gasteiger partial charge in [-0.25, -0.2) is 0 Å². The van der Waals surface area contributed by atoms with E-state index < -0.39 is 6.10 Å². The summed E-state index contributed by atoms with van der Waals surface area (Å²) in [5.41, 5.74) is 1.67. The highest BCUT2D eigenvalue weighted by Gasteiger charge is 2.14. The normalized spacial score (nSPS) is 12.7. The molecule has 0 aliphatic rings. The average molecular weight is 239 g/mol. The molecule has 78 valence electrons. The largest absolute Gasteiger partial charge is 0.384 e. The maximum atomic E-state index is 10.1. The Bertz CT molecular complexity index is 464. The number of aryl methyl sites for hydroxylation is 1. The van der Waals surface area contributed by atoms with Gasteiger partial charge in [0.05, 0.1) is 0 Å². The molecule has 3 heteroatoms. The quantitative estimate of drug-likeness (QED) is 0.844. The molecule has 1 heterocycles. The monoisotopic (exact) mass is 238 g/mol. The summed E-state index contributed by atoms with van der Waals surface area (Å²) in [5.74, 6) is 0. The molecule has 1 unspecified atom stereocenters. The second-order valence-corrected chi connectivity index (χ2v) is 4.94. The van der Waals surface area contributed by atoms with Gasteiger partial charge in [-0.2, -0.15) is 0 Å². The van der Waals surface area contributed by atoms with Gasteiger partial charge in [-0.15, -0.1) is 11.3 Å². The Balaban J connectivity index is 2.36. The third-order valence-electron chi connectivity index (χ3n) is 2.27. The van der Waals surface area contributed by atoms with Crippen molar-refractivity contribution in [3.05, 3.63) is 56.7 Å². The number of halogens is 1. The van der Waals surface area contributed by atoms with Crippen LogP contribution in [0.5, 0.6) is 0 Å². The van der Waals surface area contributed by atoms with Crippen LogP contribution in [0.1, 0.15) is 22.1 Å². The number of hydrogen-bond donors (Lipinski definition) is 1. The summed E-state index contributed by atoms with van der Waals surface area (Å²) in [5, 5.41) is 12.7. The van der Waals surface area contributed by atoms with Crippen LogP contribution in [-0.2, 0) is 0 Å². The molecule has 1 aromatic carbocycles. The van der Waals surface area contributed by atoms with Crippen LogP contribution in [0.15, 0.2) is 35.7 Å². The predicted molar refractivity (Wildman–Crippen MR) is 64.6 cm³/mol. The summed E-state index contributed by atoms with van der Waals surface area (Å²) in [6.07, 6.45) is -0.622. The van der Waals surface area contributed by atoms with Crippen LogP contribution in [0, 0.1) is 6.92 Å². The van der Waals surface area contributed by atoms with Crippen molar-refractivity contribution in [2.24, 2.45) is 0 Å². The Morgan fingerprint density at radius 2 is 2.07 bits per heavy atom. The lowest BCUT2D eigenvalue weighted by molar-refractivity contribution is 0.221. The van der Waals surface area contributed by atoms with Crippen molar-refractivity contribution < 1.29 is 5.11 Å². The molecule has 0 spiro atoms. The van der Waals surface area contributed by atoms with E-state index in [4.69, 9.17) is 11.6 Å². The highest BCUT2D eigenvalue weighted by molar-refractivity contribution is 7.10. The molecule has 1 aromatic heterocycles. The minimum Gasteiger partial charge on any atom is -0.384 e. The molecular formula is C12H11ClOS. The van der Waals surface area contributed by atoms with E-state index in [1.165, 1.54) is 4.88 Å². The van der Waals surface area contributed by atoms with Crippen molar-refractivity contribution in [3.63, 3.8) is 0 Å². The zero-order chi connectivity index (χ0) is 10.8. The van der Waals surface area contributed by atoms with Crippen LogP contribution in [0.25, 0.3) is 0 Å². The first-order chi connectivity index (χ1) is 7.18. The van der Waals surface area contributed by atoms with Crippen molar-refractivity contribution in [1.29, 1.82) is 0 Å². The summed E-state index contributed by atoms with van der Waals surface area (Å²) < 4.78 is 0. The third kappa shape index (κ3) is 2.23. The summed E-state index contributed by atoms with van der Waals surface area (Å²) in [4.78, 5) is 1.19. The summed E-state index contributed by atoms with van der Waals surface area (Å²) in [6.45, 7) is 2.02. The van der Waals surface area contributed by atoms with E-state index >= 15 is 0 Å². The van der Waals surface area contributed by atoms with E-state index in [0.717, 1.165) is 11.1 Å². The molecule has 1 nitrogen and oxygen atoms in total. The predicted octanol–water partition coefficient (Wildman–Crippen LogP) is 3.79. The number of thiophene rings is 1. The van der Waals surface area contributed by atoms with Gasteiger partial charge in [-0.1, -0.05) is 29.8 Å². The van der Waals surface area contributed by atoms with E-state index in [2.05, 4.69) is 0 Å². The van der Waals surface area contributed by atoms with Crippen molar-refractivity contribution in [2.45, 2.75) is 13.0 Å². The summed E-state index contributed by atoms with van der Waals surface area (Å²) >= 11 is 7.65. The molecule has 2 aromatic rings. The lowest BCUT2D eigenvalue weighted by atomic mass is 10.0. The fraction of sp³-hybridized carbons (Fsp3) is 0.167. The van der Waals surface area contributed by atoms with Gasteiger partial charge >= 0.3 is 0 Å². The Morgan fingerprint density at radius 3 is 2.67 bits per heavy atom. The van der Waals surface area contributed by atoms with Gasteiger partial charge in [0.25, 0.3) is 0 Å². The van der Waals surface area contributed by atoms with Gasteiger partial charge < -0.3 is 5.11 Å². The molecule has 2 rings (SSSR count).